The maximum absolute atomic E-state index is 12.3. The minimum atomic E-state index is -1.65. The van der Waals surface area contributed by atoms with E-state index in [-0.39, 0.29) is 5.78 Å². The molecule has 0 atom stereocenters. The second kappa shape index (κ2) is 4.25. The summed E-state index contributed by atoms with van der Waals surface area (Å²) in [4.78, 5) is 12.3. The topological polar surface area (TPSA) is 58.6 Å². The van der Waals surface area contributed by atoms with Crippen LogP contribution >= 0.6 is 0 Å². The fourth-order valence-corrected chi connectivity index (χ4v) is 2.90. The van der Waals surface area contributed by atoms with E-state index in [2.05, 4.69) is 35.1 Å². The van der Waals surface area contributed by atoms with Crippen molar-refractivity contribution in [3.05, 3.63) is 41.6 Å². The van der Waals surface area contributed by atoms with E-state index in [0.29, 0.717) is 11.3 Å². The van der Waals surface area contributed by atoms with Gasteiger partial charge in [0.2, 0.25) is 5.78 Å². The molecule has 1 heterocycles. The molecule has 1 aromatic carbocycles. The van der Waals surface area contributed by atoms with E-state index in [1.807, 2.05) is 18.2 Å². The number of aromatic nitrogens is 3. The molecule has 2 aromatic rings. The number of carbonyl (C=O) groups is 1. The Bertz CT molecular complexity index is 528. The molecule has 2 rings (SSSR count). The Morgan fingerprint density at radius 3 is 2.35 bits per heavy atom. The van der Waals surface area contributed by atoms with Crippen LogP contribution in [-0.4, -0.2) is 29.3 Å². The van der Waals surface area contributed by atoms with Gasteiger partial charge in [-0.25, -0.2) is 0 Å². The summed E-state index contributed by atoms with van der Waals surface area (Å²) in [5, 5.41) is 11.6. The Labute approximate surface area is 101 Å². The van der Waals surface area contributed by atoms with Gasteiger partial charge in [-0.05, 0) is 0 Å². The Kier molecular flexibility index (Phi) is 2.93. The standard InChI is InChI=1S/C12H15N3OSi/c1-17(2,3)12-10(13-15-14-12)11(16)9-7-5-4-6-8-9/h4-8H,1-3H3,(H,13,14,15). The van der Waals surface area contributed by atoms with Gasteiger partial charge >= 0.3 is 0 Å². The van der Waals surface area contributed by atoms with E-state index in [4.69, 9.17) is 0 Å². The molecule has 0 saturated carbocycles. The number of ketones is 1. The van der Waals surface area contributed by atoms with Crippen LogP contribution in [0.2, 0.25) is 19.6 Å². The third-order valence-electron chi connectivity index (χ3n) is 2.51. The van der Waals surface area contributed by atoms with E-state index in [0.717, 1.165) is 5.32 Å². The molecule has 1 aromatic heterocycles. The monoisotopic (exact) mass is 245 g/mol. The van der Waals surface area contributed by atoms with Gasteiger partial charge in [0.25, 0.3) is 0 Å². The van der Waals surface area contributed by atoms with Crippen molar-refractivity contribution in [3.63, 3.8) is 0 Å². The molecule has 0 aliphatic heterocycles. The minimum absolute atomic E-state index is 0.0585. The van der Waals surface area contributed by atoms with Crippen molar-refractivity contribution in [2.24, 2.45) is 0 Å². The number of aromatic amines is 1. The first-order valence-electron chi connectivity index (χ1n) is 5.51. The lowest BCUT2D eigenvalue weighted by molar-refractivity contribution is 0.103. The van der Waals surface area contributed by atoms with Crippen molar-refractivity contribution in [3.8, 4) is 0 Å². The van der Waals surface area contributed by atoms with Gasteiger partial charge in [0.05, 0.1) is 5.32 Å². The molecular weight excluding hydrogens is 230 g/mol. The van der Waals surface area contributed by atoms with Crippen molar-refractivity contribution in [1.82, 2.24) is 15.4 Å². The highest BCUT2D eigenvalue weighted by atomic mass is 28.3. The van der Waals surface area contributed by atoms with E-state index in [1.165, 1.54) is 0 Å². The average Bonchev–Trinajstić information content (AvgIpc) is 2.78. The molecule has 17 heavy (non-hydrogen) atoms. The molecule has 0 fully saturated rings. The lowest BCUT2D eigenvalue weighted by Crippen LogP contribution is -2.42. The number of rotatable bonds is 3. The van der Waals surface area contributed by atoms with Crippen LogP contribution in [0.25, 0.3) is 0 Å². The molecule has 0 saturated heterocycles. The Hall–Kier alpha value is -1.75. The zero-order valence-corrected chi connectivity index (χ0v) is 11.2. The van der Waals surface area contributed by atoms with Crippen LogP contribution in [0, 0.1) is 0 Å². The lowest BCUT2D eigenvalue weighted by atomic mass is 10.1. The van der Waals surface area contributed by atoms with E-state index in [1.54, 1.807) is 12.1 Å². The quantitative estimate of drug-likeness (QED) is 0.660. The van der Waals surface area contributed by atoms with E-state index in [9.17, 15) is 4.79 Å². The van der Waals surface area contributed by atoms with Crippen LogP contribution < -0.4 is 5.32 Å². The summed E-state index contributed by atoms with van der Waals surface area (Å²) in [6, 6.07) is 9.18. The van der Waals surface area contributed by atoms with Gasteiger partial charge in [-0.2, -0.15) is 15.4 Å². The summed E-state index contributed by atoms with van der Waals surface area (Å²) in [6.45, 7) is 6.44. The van der Waals surface area contributed by atoms with Crippen molar-refractivity contribution in [2.45, 2.75) is 19.6 Å². The predicted molar refractivity (Wildman–Crippen MR) is 69.2 cm³/mol. The van der Waals surface area contributed by atoms with E-state index < -0.39 is 8.07 Å². The number of benzene rings is 1. The predicted octanol–water partition coefficient (Wildman–Crippen LogP) is 1.58. The summed E-state index contributed by atoms with van der Waals surface area (Å²) < 4.78 is 0. The highest BCUT2D eigenvalue weighted by Crippen LogP contribution is 2.08. The number of hydrogen-bond donors (Lipinski definition) is 1. The smallest absolute Gasteiger partial charge is 0.214 e. The molecule has 0 aliphatic rings. The van der Waals surface area contributed by atoms with Crippen LogP contribution in [0.4, 0.5) is 0 Å². The van der Waals surface area contributed by atoms with E-state index >= 15 is 0 Å². The largest absolute Gasteiger partial charge is 0.287 e. The molecule has 0 radical (unpaired) electrons. The summed E-state index contributed by atoms with van der Waals surface area (Å²) in [5.74, 6) is -0.0585. The van der Waals surface area contributed by atoms with Crippen molar-refractivity contribution in [1.29, 1.82) is 0 Å². The first-order valence-corrected chi connectivity index (χ1v) is 9.01. The van der Waals surface area contributed by atoms with Gasteiger partial charge in [0.1, 0.15) is 8.07 Å². The minimum Gasteiger partial charge on any atom is -0.287 e. The lowest BCUT2D eigenvalue weighted by Gasteiger charge is -2.12. The number of H-pyrrole nitrogens is 1. The zero-order valence-electron chi connectivity index (χ0n) is 10.2. The number of nitrogens with zero attached hydrogens (tertiary/aromatic N) is 2. The fourth-order valence-electron chi connectivity index (χ4n) is 1.64. The SMILES string of the molecule is C[Si](C)(C)c1n[nH]nc1C(=O)c1ccccc1. The molecule has 0 unspecified atom stereocenters. The second-order valence-electron chi connectivity index (χ2n) is 4.97. The van der Waals surface area contributed by atoms with Crippen LogP contribution in [0.1, 0.15) is 16.1 Å². The molecule has 5 heteroatoms. The van der Waals surface area contributed by atoms with Crippen molar-refractivity contribution >= 4 is 19.2 Å². The first-order chi connectivity index (χ1) is 8.00. The molecule has 0 aliphatic carbocycles. The summed E-state index contributed by atoms with van der Waals surface area (Å²) >= 11 is 0. The van der Waals surface area contributed by atoms with Gasteiger partial charge in [0, 0.05) is 5.56 Å². The molecule has 88 valence electrons. The van der Waals surface area contributed by atoms with Crippen LogP contribution in [-0.2, 0) is 0 Å². The second-order valence-corrected chi connectivity index (χ2v) is 9.94. The van der Waals surface area contributed by atoms with Crippen LogP contribution in [0.5, 0.6) is 0 Å². The van der Waals surface area contributed by atoms with Gasteiger partial charge < -0.3 is 0 Å². The van der Waals surface area contributed by atoms with Gasteiger partial charge in [-0.1, -0.05) is 50.0 Å². The Balaban J connectivity index is 2.43. The number of nitrogens with one attached hydrogen (secondary N) is 1. The number of hydrogen-bond acceptors (Lipinski definition) is 3. The maximum Gasteiger partial charge on any atom is 0.214 e. The molecule has 0 bridgehead atoms. The zero-order chi connectivity index (χ0) is 12.5. The van der Waals surface area contributed by atoms with Crippen LogP contribution in [0.15, 0.2) is 30.3 Å². The van der Waals surface area contributed by atoms with Crippen molar-refractivity contribution < 1.29 is 4.79 Å². The molecular formula is C12H15N3OSi. The van der Waals surface area contributed by atoms with Gasteiger partial charge in [-0.3, -0.25) is 4.79 Å². The molecule has 1 N–H and O–H groups in total. The highest BCUT2D eigenvalue weighted by molar-refractivity contribution is 6.88. The first kappa shape index (κ1) is 11.7. The Morgan fingerprint density at radius 2 is 1.76 bits per heavy atom. The summed E-state index contributed by atoms with van der Waals surface area (Å²) in [7, 11) is -1.65. The summed E-state index contributed by atoms with van der Waals surface area (Å²) in [6.07, 6.45) is 0. The fraction of sp³-hybridized carbons (Fsp3) is 0.250. The molecule has 4 nitrogen and oxygen atoms in total. The summed E-state index contributed by atoms with van der Waals surface area (Å²) in [5.41, 5.74) is 1.12. The highest BCUT2D eigenvalue weighted by Gasteiger charge is 2.28. The molecule has 0 amide bonds. The number of carbonyl (C=O) groups excluding carboxylic acids is 1. The van der Waals surface area contributed by atoms with Gasteiger partial charge in [0.15, 0.2) is 5.69 Å². The van der Waals surface area contributed by atoms with Gasteiger partial charge in [-0.15, -0.1) is 0 Å². The van der Waals surface area contributed by atoms with Crippen LogP contribution in [0.3, 0.4) is 0 Å². The normalized spacial score (nSPS) is 11.5. The Morgan fingerprint density at radius 1 is 1.12 bits per heavy atom. The average molecular weight is 245 g/mol. The maximum atomic E-state index is 12.3. The van der Waals surface area contributed by atoms with Crippen molar-refractivity contribution in [2.75, 3.05) is 0 Å². The third kappa shape index (κ3) is 2.34. The third-order valence-corrected chi connectivity index (χ3v) is 4.28. The molecule has 0 spiro atoms.